The van der Waals surface area contributed by atoms with E-state index in [0.29, 0.717) is 12.8 Å². The molecule has 1 atom stereocenters. The molecule has 0 bridgehead atoms. The van der Waals surface area contributed by atoms with Gasteiger partial charge in [-0.25, -0.2) is 6.57 Å². The van der Waals surface area contributed by atoms with Crippen LogP contribution < -0.4 is 0 Å². The lowest BCUT2D eigenvalue weighted by atomic mass is 9.80. The normalized spacial score (nSPS) is 28.8. The van der Waals surface area contributed by atoms with Gasteiger partial charge in [0.25, 0.3) is 0 Å². The van der Waals surface area contributed by atoms with Crippen molar-refractivity contribution in [3.05, 3.63) is 47.4 Å². The molecule has 0 aromatic carbocycles. The first kappa shape index (κ1) is 10.3. The molecule has 2 heteroatoms. The van der Waals surface area contributed by atoms with Crippen LogP contribution in [0.25, 0.3) is 4.85 Å². The summed E-state index contributed by atoms with van der Waals surface area (Å²) in [5, 5.41) is 9.02. The van der Waals surface area contributed by atoms with Crippen LogP contribution in [0.15, 0.2) is 36.0 Å². The second kappa shape index (κ2) is 3.94. The van der Waals surface area contributed by atoms with Crippen LogP contribution >= 0.6 is 0 Å². The highest BCUT2D eigenvalue weighted by atomic mass is 14.8. The minimum absolute atomic E-state index is 0.494. The third-order valence-electron chi connectivity index (χ3n) is 2.42. The smallest absolute Gasteiger partial charge is 0.293 e. The molecule has 70 valence electrons. The van der Waals surface area contributed by atoms with Crippen LogP contribution in [-0.2, 0) is 0 Å². The van der Waals surface area contributed by atoms with Gasteiger partial charge in [0, 0.05) is 0 Å². The molecule has 0 saturated carbocycles. The molecule has 1 aliphatic carbocycles. The van der Waals surface area contributed by atoms with Crippen LogP contribution in [0.4, 0.5) is 0 Å². The molecule has 14 heavy (non-hydrogen) atoms. The lowest BCUT2D eigenvalue weighted by molar-refractivity contribution is 0.609. The highest BCUT2D eigenvalue weighted by Gasteiger charge is 2.40. The van der Waals surface area contributed by atoms with Crippen LogP contribution in [-0.4, -0.2) is 5.54 Å². The Hall–Kier alpha value is -1.80. The molecule has 1 aliphatic rings. The van der Waals surface area contributed by atoms with Crippen molar-refractivity contribution in [2.45, 2.75) is 25.3 Å². The molecule has 0 radical (unpaired) electrons. The van der Waals surface area contributed by atoms with E-state index in [1.54, 1.807) is 6.08 Å². The van der Waals surface area contributed by atoms with Crippen LogP contribution in [0.2, 0.25) is 0 Å². The first-order valence-electron chi connectivity index (χ1n) is 4.48. The van der Waals surface area contributed by atoms with Crippen LogP contribution in [0.5, 0.6) is 0 Å². The molecular formula is C12H12N2. The van der Waals surface area contributed by atoms with Crippen molar-refractivity contribution in [2.24, 2.45) is 0 Å². The van der Waals surface area contributed by atoms with E-state index in [9.17, 15) is 0 Å². The van der Waals surface area contributed by atoms with E-state index in [0.717, 1.165) is 11.1 Å². The number of rotatable bonds is 1. The summed E-state index contributed by atoms with van der Waals surface area (Å²) in [4.78, 5) is 3.45. The van der Waals surface area contributed by atoms with E-state index in [-0.39, 0.29) is 0 Å². The van der Waals surface area contributed by atoms with Gasteiger partial charge in [-0.1, -0.05) is 24.8 Å². The van der Waals surface area contributed by atoms with Gasteiger partial charge in [-0.15, -0.1) is 0 Å². The minimum atomic E-state index is -0.903. The fourth-order valence-electron chi connectivity index (χ4n) is 1.58. The Kier molecular flexibility index (Phi) is 2.89. The SMILES string of the molecule is [C-]#[N+]C1(C#N)CC(C=C)=C/C(=C/C)C1. The first-order valence-corrected chi connectivity index (χ1v) is 4.48. The number of nitrogens with zero attached hydrogens (tertiary/aromatic N) is 2. The minimum Gasteiger partial charge on any atom is -0.293 e. The van der Waals surface area contributed by atoms with Gasteiger partial charge in [0.15, 0.2) is 6.07 Å². The van der Waals surface area contributed by atoms with Gasteiger partial charge in [-0.2, -0.15) is 5.26 Å². The van der Waals surface area contributed by atoms with Crippen LogP contribution in [0.3, 0.4) is 0 Å². The molecule has 0 N–H and O–H groups in total. The van der Waals surface area contributed by atoms with Gasteiger partial charge in [0.2, 0.25) is 0 Å². The van der Waals surface area contributed by atoms with E-state index in [2.05, 4.69) is 17.5 Å². The fourth-order valence-corrected chi connectivity index (χ4v) is 1.58. The highest BCUT2D eigenvalue weighted by Crippen LogP contribution is 2.34. The molecular weight excluding hydrogens is 172 g/mol. The summed E-state index contributed by atoms with van der Waals surface area (Å²) in [5.74, 6) is 0. The molecule has 2 nitrogen and oxygen atoms in total. The average molecular weight is 184 g/mol. The Morgan fingerprint density at radius 1 is 1.71 bits per heavy atom. The van der Waals surface area contributed by atoms with E-state index >= 15 is 0 Å². The number of nitriles is 1. The van der Waals surface area contributed by atoms with Gasteiger partial charge < -0.3 is 0 Å². The summed E-state index contributed by atoms with van der Waals surface area (Å²) in [5.41, 5.74) is 1.12. The van der Waals surface area contributed by atoms with Gasteiger partial charge in [-0.3, -0.25) is 4.85 Å². The largest absolute Gasteiger partial charge is 0.323 e. The Morgan fingerprint density at radius 3 is 2.86 bits per heavy atom. The van der Waals surface area contributed by atoms with Crippen molar-refractivity contribution < 1.29 is 0 Å². The van der Waals surface area contributed by atoms with Crippen LogP contribution in [0, 0.1) is 17.9 Å². The van der Waals surface area contributed by atoms with E-state index < -0.39 is 5.54 Å². The standard InChI is InChI=1S/C12H12N2/c1-4-10-6-11(5-2)8-12(7-10,9-13)14-3/h4-6H,1,7-8H2,2H3/b11-5-. The number of hydrogen-bond acceptors (Lipinski definition) is 1. The van der Waals surface area contributed by atoms with Gasteiger partial charge in [0.1, 0.15) is 0 Å². The Morgan fingerprint density at radius 2 is 2.43 bits per heavy atom. The second-order valence-electron chi connectivity index (χ2n) is 3.40. The van der Waals surface area contributed by atoms with Gasteiger partial charge >= 0.3 is 5.54 Å². The van der Waals surface area contributed by atoms with Crippen molar-refractivity contribution in [2.75, 3.05) is 0 Å². The van der Waals surface area contributed by atoms with Crippen molar-refractivity contribution in [1.29, 1.82) is 5.26 Å². The van der Waals surface area contributed by atoms with Crippen molar-refractivity contribution in [3.8, 4) is 6.07 Å². The third kappa shape index (κ3) is 1.75. The van der Waals surface area contributed by atoms with E-state index in [4.69, 9.17) is 11.8 Å². The predicted molar refractivity (Wildman–Crippen MR) is 56.2 cm³/mol. The van der Waals surface area contributed by atoms with Crippen molar-refractivity contribution in [3.63, 3.8) is 0 Å². The molecule has 0 spiro atoms. The summed E-state index contributed by atoms with van der Waals surface area (Å²) in [7, 11) is 0. The van der Waals surface area contributed by atoms with Crippen molar-refractivity contribution >= 4 is 0 Å². The molecule has 0 fully saturated rings. The zero-order valence-corrected chi connectivity index (χ0v) is 8.25. The highest BCUT2D eigenvalue weighted by molar-refractivity contribution is 5.41. The molecule has 0 saturated heterocycles. The zero-order valence-electron chi connectivity index (χ0n) is 8.25. The predicted octanol–water partition coefficient (Wildman–Crippen LogP) is 3.02. The fraction of sp³-hybridized carbons (Fsp3) is 0.333. The lowest BCUT2D eigenvalue weighted by Crippen LogP contribution is -2.26. The maximum Gasteiger partial charge on any atom is 0.323 e. The van der Waals surface area contributed by atoms with Crippen LogP contribution in [0.1, 0.15) is 19.8 Å². The Balaban J connectivity index is 3.14. The molecule has 1 rings (SSSR count). The maximum absolute atomic E-state index is 9.02. The summed E-state index contributed by atoms with van der Waals surface area (Å²) in [6.07, 6.45) is 6.70. The summed E-state index contributed by atoms with van der Waals surface area (Å²) in [6.45, 7) is 12.7. The molecule has 1 unspecified atom stereocenters. The second-order valence-corrected chi connectivity index (χ2v) is 3.40. The Labute approximate surface area is 84.7 Å². The molecule has 0 amide bonds. The monoisotopic (exact) mass is 184 g/mol. The molecule has 0 aromatic rings. The average Bonchev–Trinajstić information content (AvgIpc) is 2.28. The van der Waals surface area contributed by atoms with E-state index in [1.807, 2.05) is 19.1 Å². The third-order valence-corrected chi connectivity index (χ3v) is 2.42. The molecule has 0 aromatic heterocycles. The number of hydrogen-bond donors (Lipinski definition) is 0. The molecule has 0 aliphatic heterocycles. The van der Waals surface area contributed by atoms with Gasteiger partial charge in [-0.05, 0) is 18.1 Å². The maximum atomic E-state index is 9.02. The number of allylic oxidation sites excluding steroid dienone is 3. The topological polar surface area (TPSA) is 28.1 Å². The van der Waals surface area contributed by atoms with Crippen molar-refractivity contribution in [1.82, 2.24) is 0 Å². The lowest BCUT2D eigenvalue weighted by Gasteiger charge is -2.20. The first-order chi connectivity index (χ1) is 6.69. The summed E-state index contributed by atoms with van der Waals surface area (Å²) >= 11 is 0. The zero-order chi connectivity index (χ0) is 10.6. The Bertz CT molecular complexity index is 372. The van der Waals surface area contributed by atoms with Gasteiger partial charge in [0.05, 0.1) is 12.8 Å². The summed E-state index contributed by atoms with van der Waals surface area (Å²) in [6, 6.07) is 2.11. The van der Waals surface area contributed by atoms with E-state index in [1.165, 1.54) is 0 Å². The molecule has 0 heterocycles. The summed E-state index contributed by atoms with van der Waals surface area (Å²) < 4.78 is 0. The quantitative estimate of drug-likeness (QED) is 0.576.